The number of nitrogens with zero attached hydrogens (tertiary/aromatic N) is 1. The predicted octanol–water partition coefficient (Wildman–Crippen LogP) is 4.56. The first-order valence-corrected chi connectivity index (χ1v) is 14.4. The minimum Gasteiger partial charge on any atom is -0.482 e. The smallest absolute Gasteiger partial charge is 0.344 e. The van der Waals surface area contributed by atoms with Crippen molar-refractivity contribution in [2.24, 2.45) is 0 Å². The molecule has 1 unspecified atom stereocenters. The average molecular weight is 581 g/mol. The number of halogens is 1. The Hall–Kier alpha value is -3.76. The van der Waals surface area contributed by atoms with Crippen LogP contribution in [0.5, 0.6) is 5.75 Å². The number of aromatic nitrogens is 1. The molecule has 1 heterocycles. The van der Waals surface area contributed by atoms with Gasteiger partial charge in [0.2, 0.25) is 9.84 Å². The highest BCUT2D eigenvalue weighted by molar-refractivity contribution is 7.91. The number of carbonyl (C=O) groups is 1. The summed E-state index contributed by atoms with van der Waals surface area (Å²) in [4.78, 5) is 16.3. The molecule has 10 heteroatoms. The fourth-order valence-corrected chi connectivity index (χ4v) is 5.27. The van der Waals surface area contributed by atoms with Crippen LogP contribution < -0.4 is 10.1 Å². The Balaban J connectivity index is 1.23. The summed E-state index contributed by atoms with van der Waals surface area (Å²) in [6.45, 7) is 0.720. The van der Waals surface area contributed by atoms with Crippen LogP contribution in [-0.2, 0) is 32.4 Å². The maximum atomic E-state index is 13.1. The van der Waals surface area contributed by atoms with Gasteiger partial charge in [0.1, 0.15) is 12.4 Å². The number of carbonyl (C=O) groups excluding carboxylic acids is 1. The van der Waals surface area contributed by atoms with E-state index in [4.69, 9.17) is 21.1 Å². The van der Waals surface area contributed by atoms with Crippen LogP contribution in [0.4, 0.5) is 0 Å². The first-order chi connectivity index (χ1) is 19.3. The molecule has 0 radical (unpaired) electrons. The second-order valence-electron chi connectivity index (χ2n) is 8.91. The van der Waals surface area contributed by atoms with Gasteiger partial charge in [-0.05, 0) is 84.8 Å². The third-order valence-electron chi connectivity index (χ3n) is 5.99. The van der Waals surface area contributed by atoms with Crippen molar-refractivity contribution in [2.75, 3.05) is 19.7 Å². The van der Waals surface area contributed by atoms with Crippen molar-refractivity contribution in [2.45, 2.75) is 28.9 Å². The van der Waals surface area contributed by atoms with Gasteiger partial charge in [0, 0.05) is 17.8 Å². The minimum atomic E-state index is -3.73. The first kappa shape index (κ1) is 29.2. The quantitative estimate of drug-likeness (QED) is 0.175. The average Bonchev–Trinajstić information content (AvgIpc) is 2.98. The van der Waals surface area contributed by atoms with Gasteiger partial charge in [-0.2, -0.15) is 0 Å². The molecule has 0 aliphatic rings. The second-order valence-corrected chi connectivity index (χ2v) is 11.3. The lowest BCUT2D eigenvalue weighted by Gasteiger charge is -2.13. The van der Waals surface area contributed by atoms with E-state index in [-0.39, 0.29) is 23.0 Å². The van der Waals surface area contributed by atoms with E-state index in [0.29, 0.717) is 36.0 Å². The highest BCUT2D eigenvalue weighted by Gasteiger charge is 2.18. The molecule has 1 aromatic heterocycles. The maximum Gasteiger partial charge on any atom is 0.344 e. The molecule has 0 amide bonds. The van der Waals surface area contributed by atoms with Crippen LogP contribution in [0.1, 0.15) is 22.9 Å². The standard InChI is InChI=1S/C30H29ClN2O6S/c31-24-5-3-4-23(18-24)29(34)19-32-17-15-22-7-11-27(12-8-22)40(36,37)28-13-9-26(10-14-28)38-21-30(35)39-20-25-6-1-2-16-33-25/h1-14,16,18,29,32,34H,15,17,19-21H2. The maximum absolute atomic E-state index is 13.1. The number of hydrogen-bond donors (Lipinski definition) is 2. The van der Waals surface area contributed by atoms with E-state index in [1.807, 2.05) is 6.07 Å². The SMILES string of the molecule is O=C(COc1ccc(S(=O)(=O)c2ccc(CCNCC(O)c3cccc(Cl)c3)cc2)cc1)OCc1ccccn1. The number of rotatable bonds is 13. The molecule has 8 nitrogen and oxygen atoms in total. The highest BCUT2D eigenvalue weighted by Crippen LogP contribution is 2.24. The third kappa shape index (κ3) is 8.37. The molecule has 2 N–H and O–H groups in total. The van der Waals surface area contributed by atoms with Crippen molar-refractivity contribution < 1.29 is 27.8 Å². The van der Waals surface area contributed by atoms with Crippen molar-refractivity contribution >= 4 is 27.4 Å². The molecule has 0 aliphatic carbocycles. The summed E-state index contributed by atoms with van der Waals surface area (Å²) >= 11 is 5.97. The fraction of sp³-hybridized carbons (Fsp3) is 0.200. The van der Waals surface area contributed by atoms with Gasteiger partial charge in [-0.1, -0.05) is 41.9 Å². The molecule has 208 valence electrons. The molecule has 0 fully saturated rings. The number of sulfone groups is 1. The van der Waals surface area contributed by atoms with E-state index < -0.39 is 21.9 Å². The Bertz CT molecular complexity index is 1500. The summed E-state index contributed by atoms with van der Waals surface area (Å²) in [5.74, 6) is -0.216. The molecule has 0 saturated carbocycles. The monoisotopic (exact) mass is 580 g/mol. The van der Waals surface area contributed by atoms with E-state index in [1.165, 1.54) is 24.3 Å². The number of aliphatic hydroxyl groups excluding tert-OH is 1. The zero-order valence-corrected chi connectivity index (χ0v) is 23.1. The van der Waals surface area contributed by atoms with Crippen molar-refractivity contribution in [3.05, 3.63) is 119 Å². The predicted molar refractivity (Wildman–Crippen MR) is 151 cm³/mol. The van der Waals surface area contributed by atoms with E-state index >= 15 is 0 Å². The Kier molecular flexibility index (Phi) is 10.3. The van der Waals surface area contributed by atoms with Crippen molar-refractivity contribution in [3.63, 3.8) is 0 Å². The first-order valence-electron chi connectivity index (χ1n) is 12.6. The number of aliphatic hydroxyl groups is 1. The molecule has 1 atom stereocenters. The van der Waals surface area contributed by atoms with Crippen molar-refractivity contribution in [1.29, 1.82) is 0 Å². The van der Waals surface area contributed by atoms with E-state index in [9.17, 15) is 18.3 Å². The summed E-state index contributed by atoms with van der Waals surface area (Å²) in [6, 6.07) is 25.0. The van der Waals surface area contributed by atoms with Crippen LogP contribution in [0, 0.1) is 0 Å². The molecule has 4 rings (SSSR count). The van der Waals surface area contributed by atoms with Crippen LogP contribution in [0.25, 0.3) is 0 Å². The van der Waals surface area contributed by atoms with Gasteiger partial charge in [-0.15, -0.1) is 0 Å². The zero-order valence-electron chi connectivity index (χ0n) is 21.6. The summed E-state index contributed by atoms with van der Waals surface area (Å²) in [5, 5.41) is 14.1. The Morgan fingerprint density at radius 1 is 0.950 bits per heavy atom. The largest absolute Gasteiger partial charge is 0.482 e. The molecule has 4 aromatic rings. The second kappa shape index (κ2) is 14.0. The number of pyridine rings is 1. The van der Waals surface area contributed by atoms with Gasteiger partial charge in [0.25, 0.3) is 0 Å². The third-order valence-corrected chi connectivity index (χ3v) is 8.01. The minimum absolute atomic E-state index is 0.0443. The zero-order chi connectivity index (χ0) is 28.4. The fourth-order valence-electron chi connectivity index (χ4n) is 3.81. The number of nitrogens with one attached hydrogen (secondary N) is 1. The van der Waals surface area contributed by atoms with E-state index in [0.717, 1.165) is 11.1 Å². The van der Waals surface area contributed by atoms with Crippen LogP contribution in [0.2, 0.25) is 5.02 Å². The lowest BCUT2D eigenvalue weighted by Crippen LogP contribution is -2.23. The summed E-state index contributed by atoms with van der Waals surface area (Å²) < 4.78 is 36.7. The van der Waals surface area contributed by atoms with Gasteiger partial charge in [0.05, 0.1) is 21.6 Å². The normalized spacial score (nSPS) is 12.1. The number of ether oxygens (including phenoxy) is 2. The van der Waals surface area contributed by atoms with E-state index in [2.05, 4.69) is 10.3 Å². The topological polar surface area (TPSA) is 115 Å². The Morgan fingerprint density at radius 3 is 2.35 bits per heavy atom. The number of hydrogen-bond acceptors (Lipinski definition) is 8. The van der Waals surface area contributed by atoms with Crippen LogP contribution in [-0.4, -0.2) is 44.2 Å². The van der Waals surface area contributed by atoms with Gasteiger partial charge in [-0.3, -0.25) is 4.98 Å². The molecule has 40 heavy (non-hydrogen) atoms. The van der Waals surface area contributed by atoms with Gasteiger partial charge in [-0.25, -0.2) is 13.2 Å². The number of esters is 1. The van der Waals surface area contributed by atoms with Gasteiger partial charge >= 0.3 is 5.97 Å². The summed E-state index contributed by atoms with van der Waals surface area (Å²) in [7, 11) is -3.73. The summed E-state index contributed by atoms with van der Waals surface area (Å²) in [6.07, 6.45) is 1.61. The van der Waals surface area contributed by atoms with Crippen LogP contribution in [0.15, 0.2) is 107 Å². The Labute approximate surface area is 238 Å². The van der Waals surface area contributed by atoms with E-state index in [1.54, 1.807) is 66.9 Å². The highest BCUT2D eigenvalue weighted by atomic mass is 35.5. The lowest BCUT2D eigenvalue weighted by atomic mass is 10.1. The van der Waals surface area contributed by atoms with Crippen LogP contribution >= 0.6 is 11.6 Å². The molecule has 0 spiro atoms. The van der Waals surface area contributed by atoms with Crippen molar-refractivity contribution in [3.8, 4) is 5.75 Å². The van der Waals surface area contributed by atoms with Crippen molar-refractivity contribution in [1.82, 2.24) is 10.3 Å². The number of benzene rings is 3. The van der Waals surface area contributed by atoms with Gasteiger partial charge < -0.3 is 19.9 Å². The lowest BCUT2D eigenvalue weighted by molar-refractivity contribution is -0.147. The van der Waals surface area contributed by atoms with Gasteiger partial charge in [0.15, 0.2) is 6.61 Å². The Morgan fingerprint density at radius 2 is 1.68 bits per heavy atom. The molecule has 0 aliphatic heterocycles. The molecule has 0 bridgehead atoms. The summed E-state index contributed by atoms with van der Waals surface area (Å²) in [5.41, 5.74) is 2.33. The van der Waals surface area contributed by atoms with Crippen LogP contribution in [0.3, 0.4) is 0 Å². The molecular formula is C30H29ClN2O6S. The molecule has 3 aromatic carbocycles. The molecular weight excluding hydrogens is 552 g/mol. The molecule has 0 saturated heterocycles.